The predicted molar refractivity (Wildman–Crippen MR) is 97.9 cm³/mol. The molecule has 0 aliphatic heterocycles. The van der Waals surface area contributed by atoms with Gasteiger partial charge in [0.1, 0.15) is 5.03 Å². The number of nitrogens with one attached hydrogen (secondary N) is 1. The second-order valence-corrected chi connectivity index (χ2v) is 6.76. The summed E-state index contributed by atoms with van der Waals surface area (Å²) in [7, 11) is 1.84. The molecule has 1 amide bonds. The van der Waals surface area contributed by atoms with E-state index >= 15 is 0 Å². The predicted octanol–water partition coefficient (Wildman–Crippen LogP) is 4.79. The zero-order valence-electron chi connectivity index (χ0n) is 13.3. The summed E-state index contributed by atoms with van der Waals surface area (Å²) in [6.07, 6.45) is 0. The molecule has 0 fully saturated rings. The average Bonchev–Trinajstić information content (AvgIpc) is 2.84. The van der Waals surface area contributed by atoms with Gasteiger partial charge in [-0.25, -0.2) is 0 Å². The van der Waals surface area contributed by atoms with Gasteiger partial charge in [-0.1, -0.05) is 41.6 Å². The summed E-state index contributed by atoms with van der Waals surface area (Å²) in [5, 5.41) is 8.79. The molecule has 0 atom stereocenters. The maximum Gasteiger partial charge on any atom is 0.260 e. The number of aromatic nitrogens is 2. The van der Waals surface area contributed by atoms with Crippen molar-refractivity contribution < 1.29 is 4.79 Å². The number of carbonyl (C=O) groups is 1. The fourth-order valence-electron chi connectivity index (χ4n) is 2.34. The Labute approximate surface area is 149 Å². The van der Waals surface area contributed by atoms with Gasteiger partial charge in [-0.05, 0) is 43.3 Å². The third kappa shape index (κ3) is 3.63. The van der Waals surface area contributed by atoms with Gasteiger partial charge in [0.2, 0.25) is 0 Å². The van der Waals surface area contributed by atoms with Crippen LogP contribution in [0.5, 0.6) is 0 Å². The first-order valence-electron chi connectivity index (χ1n) is 7.38. The van der Waals surface area contributed by atoms with Crippen LogP contribution in [0.1, 0.15) is 16.1 Å². The number of anilines is 1. The minimum Gasteiger partial charge on any atom is -0.322 e. The number of para-hydroxylation sites is 1. The lowest BCUT2D eigenvalue weighted by Crippen LogP contribution is -2.13. The van der Waals surface area contributed by atoms with Gasteiger partial charge < -0.3 is 5.32 Å². The average molecular weight is 358 g/mol. The third-order valence-corrected chi connectivity index (χ3v) is 4.88. The number of halogens is 1. The lowest BCUT2D eigenvalue weighted by atomic mass is 10.2. The van der Waals surface area contributed by atoms with Crippen LogP contribution >= 0.6 is 23.4 Å². The highest BCUT2D eigenvalue weighted by Gasteiger charge is 2.21. The summed E-state index contributed by atoms with van der Waals surface area (Å²) >= 11 is 7.42. The number of hydrogen-bond acceptors (Lipinski definition) is 3. The van der Waals surface area contributed by atoms with Crippen molar-refractivity contribution in [2.24, 2.45) is 7.05 Å². The summed E-state index contributed by atoms with van der Waals surface area (Å²) < 4.78 is 1.73. The Kier molecular flexibility index (Phi) is 4.92. The van der Waals surface area contributed by atoms with E-state index in [-0.39, 0.29) is 5.91 Å². The normalized spacial score (nSPS) is 10.6. The molecule has 0 bridgehead atoms. The molecule has 0 spiro atoms. The van der Waals surface area contributed by atoms with Gasteiger partial charge in [0, 0.05) is 22.7 Å². The van der Waals surface area contributed by atoms with Gasteiger partial charge in [-0.3, -0.25) is 9.48 Å². The van der Waals surface area contributed by atoms with Gasteiger partial charge in [-0.2, -0.15) is 5.10 Å². The van der Waals surface area contributed by atoms with Crippen LogP contribution < -0.4 is 5.32 Å². The van der Waals surface area contributed by atoms with Crippen LogP contribution in [0.2, 0.25) is 5.02 Å². The summed E-state index contributed by atoms with van der Waals surface area (Å²) in [4.78, 5) is 13.7. The van der Waals surface area contributed by atoms with E-state index in [1.807, 2.05) is 68.6 Å². The molecule has 0 aliphatic rings. The zero-order chi connectivity index (χ0) is 17.1. The van der Waals surface area contributed by atoms with Gasteiger partial charge in [0.05, 0.1) is 11.3 Å². The van der Waals surface area contributed by atoms with E-state index in [4.69, 9.17) is 11.6 Å². The van der Waals surface area contributed by atoms with Gasteiger partial charge in [0.25, 0.3) is 5.91 Å². The number of benzene rings is 2. The molecule has 122 valence electrons. The number of aryl methyl sites for hydroxylation is 2. The molecule has 0 unspecified atom stereocenters. The zero-order valence-corrected chi connectivity index (χ0v) is 14.9. The van der Waals surface area contributed by atoms with Crippen molar-refractivity contribution in [3.8, 4) is 0 Å². The van der Waals surface area contributed by atoms with Crippen molar-refractivity contribution in [2.75, 3.05) is 5.32 Å². The minimum absolute atomic E-state index is 0.164. The van der Waals surface area contributed by atoms with Crippen molar-refractivity contribution in [1.82, 2.24) is 9.78 Å². The van der Waals surface area contributed by atoms with E-state index in [1.54, 1.807) is 4.68 Å². The first-order chi connectivity index (χ1) is 11.5. The van der Waals surface area contributed by atoms with E-state index in [2.05, 4.69) is 10.4 Å². The summed E-state index contributed by atoms with van der Waals surface area (Å²) in [5.41, 5.74) is 2.04. The van der Waals surface area contributed by atoms with Crippen LogP contribution in [0.25, 0.3) is 0 Å². The molecule has 1 aromatic heterocycles. The molecule has 2 aromatic carbocycles. The number of hydrogen-bond donors (Lipinski definition) is 1. The fraction of sp³-hybridized carbons (Fsp3) is 0.111. The Morgan fingerprint density at radius 2 is 1.79 bits per heavy atom. The molecule has 4 nitrogen and oxygen atoms in total. The Morgan fingerprint density at radius 3 is 2.46 bits per heavy atom. The van der Waals surface area contributed by atoms with Gasteiger partial charge in [0.15, 0.2) is 0 Å². The SMILES string of the molecule is Cc1nn(C)c(Sc2ccc(Cl)cc2)c1C(=O)Nc1ccccc1. The second kappa shape index (κ2) is 7.11. The molecule has 0 radical (unpaired) electrons. The first-order valence-corrected chi connectivity index (χ1v) is 8.57. The van der Waals surface area contributed by atoms with Crippen LogP contribution in [0.15, 0.2) is 64.5 Å². The molecule has 1 heterocycles. The number of nitrogens with zero attached hydrogens (tertiary/aromatic N) is 2. The van der Waals surface area contributed by atoms with E-state index < -0.39 is 0 Å². The summed E-state index contributed by atoms with van der Waals surface area (Å²) in [6, 6.07) is 16.9. The fourth-order valence-corrected chi connectivity index (χ4v) is 3.48. The van der Waals surface area contributed by atoms with Gasteiger partial charge in [-0.15, -0.1) is 0 Å². The molecular formula is C18H16ClN3OS. The molecule has 24 heavy (non-hydrogen) atoms. The first kappa shape index (κ1) is 16.6. The topological polar surface area (TPSA) is 46.9 Å². The molecule has 6 heteroatoms. The quantitative estimate of drug-likeness (QED) is 0.730. The van der Waals surface area contributed by atoms with Crippen molar-refractivity contribution >= 4 is 35.0 Å². The highest BCUT2D eigenvalue weighted by atomic mass is 35.5. The second-order valence-electron chi connectivity index (χ2n) is 5.27. The third-order valence-electron chi connectivity index (χ3n) is 3.46. The molecule has 1 N–H and O–H groups in total. The molecule has 0 aliphatic carbocycles. The highest BCUT2D eigenvalue weighted by Crippen LogP contribution is 2.32. The Balaban J connectivity index is 1.90. The Hall–Kier alpha value is -2.24. The maximum atomic E-state index is 12.7. The number of carbonyl (C=O) groups excluding carboxylic acids is 1. The molecule has 3 rings (SSSR count). The van der Waals surface area contributed by atoms with Crippen LogP contribution in [0.3, 0.4) is 0 Å². The minimum atomic E-state index is -0.164. The number of rotatable bonds is 4. The van der Waals surface area contributed by atoms with Crippen molar-refractivity contribution in [3.63, 3.8) is 0 Å². The lowest BCUT2D eigenvalue weighted by Gasteiger charge is -2.08. The largest absolute Gasteiger partial charge is 0.322 e. The van der Waals surface area contributed by atoms with Crippen molar-refractivity contribution in [2.45, 2.75) is 16.8 Å². The monoisotopic (exact) mass is 357 g/mol. The Bertz CT molecular complexity index is 860. The Morgan fingerprint density at radius 1 is 1.12 bits per heavy atom. The van der Waals surface area contributed by atoms with Crippen molar-refractivity contribution in [1.29, 1.82) is 0 Å². The van der Waals surface area contributed by atoms with Crippen molar-refractivity contribution in [3.05, 3.63) is 70.9 Å². The molecule has 0 saturated heterocycles. The van der Waals surface area contributed by atoms with E-state index in [1.165, 1.54) is 11.8 Å². The van der Waals surface area contributed by atoms with E-state index in [0.29, 0.717) is 16.3 Å². The van der Waals surface area contributed by atoms with E-state index in [9.17, 15) is 4.79 Å². The van der Waals surface area contributed by atoms with Crippen LogP contribution in [-0.4, -0.2) is 15.7 Å². The highest BCUT2D eigenvalue weighted by molar-refractivity contribution is 7.99. The van der Waals surface area contributed by atoms with E-state index in [0.717, 1.165) is 15.6 Å². The van der Waals surface area contributed by atoms with Crippen LogP contribution in [-0.2, 0) is 7.05 Å². The molecular weight excluding hydrogens is 342 g/mol. The molecule has 0 saturated carbocycles. The van der Waals surface area contributed by atoms with Crippen LogP contribution in [0.4, 0.5) is 5.69 Å². The lowest BCUT2D eigenvalue weighted by molar-refractivity contribution is 0.102. The number of amides is 1. The van der Waals surface area contributed by atoms with Crippen LogP contribution in [0, 0.1) is 6.92 Å². The summed E-state index contributed by atoms with van der Waals surface area (Å²) in [5.74, 6) is -0.164. The molecule has 3 aromatic rings. The summed E-state index contributed by atoms with van der Waals surface area (Å²) in [6.45, 7) is 1.84. The van der Waals surface area contributed by atoms with Gasteiger partial charge >= 0.3 is 0 Å². The smallest absolute Gasteiger partial charge is 0.260 e. The maximum absolute atomic E-state index is 12.7. The standard InChI is InChI=1S/C18H16ClN3OS/c1-12-16(17(23)20-14-6-4-3-5-7-14)18(22(2)21-12)24-15-10-8-13(19)9-11-15/h3-11H,1-2H3,(H,20,23).